The van der Waals surface area contributed by atoms with Gasteiger partial charge in [-0.15, -0.1) is 0 Å². The fraction of sp³-hybridized carbons (Fsp3) is 0.130. The van der Waals surface area contributed by atoms with E-state index >= 15 is 0 Å². The standard InChI is InChI=1S/C23H14N4O6/c1-2-26-16-8-7-11(27(31)32)9-14(16)23(22(26)30)15(10-24)21(25)33-20-17(23)18(28)12-5-3-4-6-13(12)19(20)29/h3-9H,2,25H2,1H3. The number of benzene rings is 2. The zero-order valence-corrected chi connectivity index (χ0v) is 17.1. The zero-order valence-electron chi connectivity index (χ0n) is 17.1. The quantitative estimate of drug-likeness (QED) is 0.548. The lowest BCUT2D eigenvalue weighted by atomic mass is 9.64. The van der Waals surface area contributed by atoms with Gasteiger partial charge in [0.25, 0.3) is 5.69 Å². The van der Waals surface area contributed by atoms with Crippen molar-refractivity contribution < 1.29 is 24.0 Å². The number of amides is 1. The molecule has 0 fully saturated rings. The van der Waals surface area contributed by atoms with E-state index in [4.69, 9.17) is 10.5 Å². The smallest absolute Gasteiger partial charge is 0.269 e. The fourth-order valence-corrected chi connectivity index (χ4v) is 4.80. The van der Waals surface area contributed by atoms with E-state index in [1.54, 1.807) is 19.1 Å². The van der Waals surface area contributed by atoms with Gasteiger partial charge in [-0.2, -0.15) is 5.26 Å². The van der Waals surface area contributed by atoms with Gasteiger partial charge >= 0.3 is 0 Å². The minimum Gasteiger partial charge on any atom is -0.436 e. The van der Waals surface area contributed by atoms with Gasteiger partial charge in [-0.05, 0) is 13.0 Å². The Morgan fingerprint density at radius 1 is 1.15 bits per heavy atom. The van der Waals surface area contributed by atoms with E-state index in [0.29, 0.717) is 0 Å². The van der Waals surface area contributed by atoms with Gasteiger partial charge in [0.2, 0.25) is 17.6 Å². The number of ether oxygens (including phenoxy) is 1. The van der Waals surface area contributed by atoms with Crippen molar-refractivity contribution >= 4 is 28.8 Å². The van der Waals surface area contributed by atoms with Crippen LogP contribution in [0.25, 0.3) is 0 Å². The second-order valence-electron chi connectivity index (χ2n) is 7.62. The van der Waals surface area contributed by atoms with Crippen molar-refractivity contribution in [2.24, 2.45) is 5.73 Å². The number of nitro groups is 1. The molecule has 0 saturated carbocycles. The van der Waals surface area contributed by atoms with Crippen LogP contribution in [0.4, 0.5) is 11.4 Å². The van der Waals surface area contributed by atoms with Crippen LogP contribution in [0.3, 0.4) is 0 Å². The number of non-ortho nitro benzene ring substituents is 1. The first kappa shape index (κ1) is 20.1. The number of nitrogens with two attached hydrogens (primary N) is 1. The van der Waals surface area contributed by atoms with E-state index < -0.39 is 45.0 Å². The highest BCUT2D eigenvalue weighted by molar-refractivity contribution is 6.32. The predicted octanol–water partition coefficient (Wildman–Crippen LogP) is 2.26. The van der Waals surface area contributed by atoms with Gasteiger partial charge in [0, 0.05) is 41.1 Å². The summed E-state index contributed by atoms with van der Waals surface area (Å²) in [6, 6.07) is 11.6. The molecule has 1 atom stereocenters. The Morgan fingerprint density at radius 3 is 2.42 bits per heavy atom. The molecule has 2 aromatic rings. The summed E-state index contributed by atoms with van der Waals surface area (Å²) < 4.78 is 5.47. The Labute approximate surface area is 186 Å². The van der Waals surface area contributed by atoms with Crippen molar-refractivity contribution in [3.63, 3.8) is 0 Å². The maximum Gasteiger partial charge on any atom is 0.269 e. The molecule has 2 N–H and O–H groups in total. The number of hydrogen-bond donors (Lipinski definition) is 1. The monoisotopic (exact) mass is 442 g/mol. The maximum atomic E-state index is 13.9. The van der Waals surface area contributed by atoms with Crippen molar-refractivity contribution in [3.05, 3.63) is 92.1 Å². The predicted molar refractivity (Wildman–Crippen MR) is 113 cm³/mol. The number of likely N-dealkylation sites (N-methyl/N-ethyl adjacent to an activating group) is 1. The van der Waals surface area contributed by atoms with E-state index in [1.165, 1.54) is 29.2 Å². The van der Waals surface area contributed by atoms with Gasteiger partial charge in [0.15, 0.2) is 11.5 Å². The Hall–Kier alpha value is -4.78. The van der Waals surface area contributed by atoms with Crippen LogP contribution in [-0.2, 0) is 14.9 Å². The van der Waals surface area contributed by atoms with Gasteiger partial charge in [-0.1, -0.05) is 24.3 Å². The molecule has 2 aromatic carbocycles. The summed E-state index contributed by atoms with van der Waals surface area (Å²) in [6.07, 6.45) is 0. The first-order valence-corrected chi connectivity index (χ1v) is 9.91. The lowest BCUT2D eigenvalue weighted by molar-refractivity contribution is -0.384. The van der Waals surface area contributed by atoms with Gasteiger partial charge < -0.3 is 15.4 Å². The normalized spacial score (nSPS) is 21.0. The van der Waals surface area contributed by atoms with Crippen LogP contribution < -0.4 is 10.6 Å². The Bertz CT molecular complexity index is 1450. The lowest BCUT2D eigenvalue weighted by Gasteiger charge is -2.37. The molecule has 1 aliphatic carbocycles. The average Bonchev–Trinajstić information content (AvgIpc) is 3.05. The third kappa shape index (κ3) is 2.28. The van der Waals surface area contributed by atoms with Gasteiger partial charge in [0.1, 0.15) is 17.1 Å². The molecule has 0 aromatic heterocycles. The number of carbonyl (C=O) groups excluding carboxylic acids is 3. The van der Waals surface area contributed by atoms with Gasteiger partial charge in [-0.3, -0.25) is 24.5 Å². The number of carbonyl (C=O) groups is 3. The lowest BCUT2D eigenvalue weighted by Crippen LogP contribution is -2.50. The Morgan fingerprint density at radius 2 is 1.82 bits per heavy atom. The number of fused-ring (bicyclic) bond motifs is 4. The van der Waals surface area contributed by atoms with Crippen molar-refractivity contribution in [3.8, 4) is 6.07 Å². The second kappa shape index (κ2) is 6.61. The molecule has 162 valence electrons. The van der Waals surface area contributed by atoms with Crippen LogP contribution in [0.15, 0.2) is 65.3 Å². The number of allylic oxidation sites excluding steroid dienone is 1. The topological polar surface area (TPSA) is 157 Å². The number of nitriles is 1. The molecule has 2 heterocycles. The van der Waals surface area contributed by atoms with Crippen molar-refractivity contribution in [2.45, 2.75) is 12.3 Å². The SMILES string of the molecule is CCN1C(=O)C2(C(C#N)=C(N)OC3=C2C(=O)c2ccccc2C3=O)c2cc([N+](=O)[O-])ccc21. The summed E-state index contributed by atoms with van der Waals surface area (Å²) in [4.78, 5) is 53.2. The molecular weight excluding hydrogens is 428 g/mol. The van der Waals surface area contributed by atoms with Crippen molar-refractivity contribution in [1.82, 2.24) is 0 Å². The largest absolute Gasteiger partial charge is 0.436 e. The van der Waals surface area contributed by atoms with E-state index in [1.807, 2.05) is 6.07 Å². The Kier molecular flexibility index (Phi) is 4.03. The van der Waals surface area contributed by atoms with Crippen LogP contribution in [0.5, 0.6) is 0 Å². The highest BCUT2D eigenvalue weighted by Crippen LogP contribution is 2.56. The highest BCUT2D eigenvalue weighted by Gasteiger charge is 2.63. The third-order valence-electron chi connectivity index (χ3n) is 6.16. The maximum absolute atomic E-state index is 13.9. The van der Waals surface area contributed by atoms with E-state index in [-0.39, 0.29) is 40.2 Å². The number of anilines is 1. The number of nitrogens with zero attached hydrogens (tertiary/aromatic N) is 3. The molecule has 1 unspecified atom stereocenters. The van der Waals surface area contributed by atoms with Crippen LogP contribution >= 0.6 is 0 Å². The molecule has 0 radical (unpaired) electrons. The van der Waals surface area contributed by atoms with Crippen molar-refractivity contribution in [1.29, 1.82) is 5.26 Å². The highest BCUT2D eigenvalue weighted by atomic mass is 16.6. The van der Waals surface area contributed by atoms with Crippen LogP contribution in [0, 0.1) is 21.4 Å². The molecule has 0 bridgehead atoms. The summed E-state index contributed by atoms with van der Waals surface area (Å²) in [7, 11) is 0. The number of rotatable bonds is 2. The molecular formula is C23H14N4O6. The first-order valence-electron chi connectivity index (χ1n) is 9.91. The fourth-order valence-electron chi connectivity index (χ4n) is 4.80. The minimum atomic E-state index is -2.15. The van der Waals surface area contributed by atoms with E-state index in [9.17, 15) is 29.8 Å². The summed E-state index contributed by atoms with van der Waals surface area (Å²) >= 11 is 0. The Balaban J connectivity index is 1.94. The van der Waals surface area contributed by atoms with Gasteiger partial charge in [-0.25, -0.2) is 0 Å². The van der Waals surface area contributed by atoms with E-state index in [2.05, 4.69) is 0 Å². The van der Waals surface area contributed by atoms with Crippen molar-refractivity contribution in [2.75, 3.05) is 11.4 Å². The molecule has 5 rings (SSSR count). The molecule has 2 aliphatic heterocycles. The van der Waals surface area contributed by atoms with Crippen LogP contribution in [0.2, 0.25) is 0 Å². The number of Topliss-reactive ketones (excluding diaryl/α,β-unsaturated/α-hetero) is 2. The molecule has 1 amide bonds. The molecule has 3 aliphatic rings. The molecule has 33 heavy (non-hydrogen) atoms. The zero-order chi connectivity index (χ0) is 23.7. The summed E-state index contributed by atoms with van der Waals surface area (Å²) in [5, 5.41) is 21.5. The summed E-state index contributed by atoms with van der Waals surface area (Å²) in [5.74, 6) is -3.05. The summed E-state index contributed by atoms with van der Waals surface area (Å²) in [6.45, 7) is 1.82. The molecule has 10 nitrogen and oxygen atoms in total. The average molecular weight is 442 g/mol. The van der Waals surface area contributed by atoms with Crippen LogP contribution in [0.1, 0.15) is 33.2 Å². The number of hydrogen-bond acceptors (Lipinski definition) is 8. The van der Waals surface area contributed by atoms with E-state index in [0.717, 1.165) is 6.07 Å². The minimum absolute atomic E-state index is 0.0272. The number of ketones is 2. The first-order chi connectivity index (χ1) is 15.8. The number of nitro benzene ring substituents is 1. The molecule has 1 spiro atoms. The second-order valence-corrected chi connectivity index (χ2v) is 7.62. The molecule has 0 saturated heterocycles. The van der Waals surface area contributed by atoms with Crippen LogP contribution in [-0.4, -0.2) is 28.9 Å². The third-order valence-corrected chi connectivity index (χ3v) is 6.16. The molecule has 10 heteroatoms. The summed E-state index contributed by atoms with van der Waals surface area (Å²) in [5.41, 5.74) is 3.17. The van der Waals surface area contributed by atoms with Gasteiger partial charge in [0.05, 0.1) is 10.5 Å².